The number of aromatic amines is 2. The molecule has 5 rings (SSSR count). The number of aromatic nitrogens is 7. The highest BCUT2D eigenvalue weighted by Crippen LogP contribution is 2.25. The van der Waals surface area contributed by atoms with Crippen LogP contribution in [0.5, 0.6) is 0 Å². The van der Waals surface area contributed by atoms with Crippen LogP contribution in [0.3, 0.4) is 0 Å². The number of H-pyrrole nitrogens is 2. The zero-order valence-corrected chi connectivity index (χ0v) is 15.9. The standard InChI is InChI=1S/C13H12N6.C7H7N3/c1-8-9(4-14)11(2-3-16-8)18-12-6-15-7-13-10(12)5-17-19-13;1-5-2-3-8-7-6(5)4-9-10-7/h2-7,14H,1H3,(H,16,18)(H,17,19);2-4H,1H3,(H,8,9,10). The molecular formula is C20H19N9. The van der Waals surface area contributed by atoms with E-state index in [-0.39, 0.29) is 0 Å². The Morgan fingerprint density at radius 2 is 1.69 bits per heavy atom. The van der Waals surface area contributed by atoms with Crippen LogP contribution in [0, 0.1) is 19.3 Å². The Morgan fingerprint density at radius 1 is 0.897 bits per heavy atom. The molecule has 5 aromatic rings. The van der Waals surface area contributed by atoms with Crippen molar-refractivity contribution in [3.05, 3.63) is 66.1 Å². The van der Waals surface area contributed by atoms with Crippen molar-refractivity contribution in [1.29, 1.82) is 5.41 Å². The normalized spacial score (nSPS) is 10.6. The summed E-state index contributed by atoms with van der Waals surface area (Å²) in [4.78, 5) is 12.4. The monoisotopic (exact) mass is 385 g/mol. The van der Waals surface area contributed by atoms with E-state index in [9.17, 15) is 0 Å². The second kappa shape index (κ2) is 7.85. The summed E-state index contributed by atoms with van der Waals surface area (Å²) in [6.07, 6.45) is 11.8. The first-order valence-electron chi connectivity index (χ1n) is 8.92. The molecular weight excluding hydrogens is 366 g/mol. The second-order valence-electron chi connectivity index (χ2n) is 6.41. The van der Waals surface area contributed by atoms with Crippen molar-refractivity contribution in [3.8, 4) is 0 Å². The fourth-order valence-corrected chi connectivity index (χ4v) is 2.96. The van der Waals surface area contributed by atoms with Crippen LogP contribution in [0.4, 0.5) is 11.4 Å². The van der Waals surface area contributed by atoms with Gasteiger partial charge in [0, 0.05) is 40.6 Å². The molecule has 5 heterocycles. The molecule has 9 nitrogen and oxygen atoms in total. The number of fused-ring (bicyclic) bond motifs is 2. The van der Waals surface area contributed by atoms with Gasteiger partial charge in [0.2, 0.25) is 0 Å². The van der Waals surface area contributed by atoms with Gasteiger partial charge in [0.05, 0.1) is 41.7 Å². The highest BCUT2D eigenvalue weighted by Gasteiger charge is 2.08. The number of hydrogen-bond acceptors (Lipinski definition) is 7. The number of hydrogen-bond donors (Lipinski definition) is 4. The number of nitrogens with one attached hydrogen (secondary N) is 4. The van der Waals surface area contributed by atoms with E-state index in [0.717, 1.165) is 44.6 Å². The maximum Gasteiger partial charge on any atom is 0.155 e. The van der Waals surface area contributed by atoms with Gasteiger partial charge < -0.3 is 10.7 Å². The van der Waals surface area contributed by atoms with Gasteiger partial charge in [-0.05, 0) is 31.5 Å². The topological polar surface area (TPSA) is 132 Å². The predicted octanol–water partition coefficient (Wildman–Crippen LogP) is 3.67. The molecule has 0 atom stereocenters. The van der Waals surface area contributed by atoms with E-state index < -0.39 is 0 Å². The van der Waals surface area contributed by atoms with Crippen LogP contribution in [0.2, 0.25) is 0 Å². The van der Waals surface area contributed by atoms with Gasteiger partial charge in [-0.2, -0.15) is 10.2 Å². The highest BCUT2D eigenvalue weighted by molar-refractivity contribution is 5.95. The Kier molecular flexibility index (Phi) is 4.93. The van der Waals surface area contributed by atoms with Crippen molar-refractivity contribution in [3.63, 3.8) is 0 Å². The third-order valence-corrected chi connectivity index (χ3v) is 4.54. The lowest BCUT2D eigenvalue weighted by molar-refractivity contribution is 1.10. The van der Waals surface area contributed by atoms with Gasteiger partial charge in [0.15, 0.2) is 5.65 Å². The summed E-state index contributed by atoms with van der Waals surface area (Å²) in [6.45, 7) is 3.92. The summed E-state index contributed by atoms with van der Waals surface area (Å²) in [5.41, 5.74) is 6.19. The van der Waals surface area contributed by atoms with Crippen LogP contribution in [0.25, 0.3) is 21.9 Å². The van der Waals surface area contributed by atoms with Crippen molar-refractivity contribution in [2.45, 2.75) is 13.8 Å². The second-order valence-corrected chi connectivity index (χ2v) is 6.41. The lowest BCUT2D eigenvalue weighted by Gasteiger charge is -2.11. The van der Waals surface area contributed by atoms with Crippen LogP contribution in [0.15, 0.2) is 49.3 Å². The van der Waals surface area contributed by atoms with Crippen LogP contribution < -0.4 is 5.32 Å². The summed E-state index contributed by atoms with van der Waals surface area (Å²) >= 11 is 0. The van der Waals surface area contributed by atoms with Gasteiger partial charge in [0.1, 0.15) is 0 Å². The maximum atomic E-state index is 7.49. The molecule has 29 heavy (non-hydrogen) atoms. The summed E-state index contributed by atoms with van der Waals surface area (Å²) < 4.78 is 0. The molecule has 0 bridgehead atoms. The molecule has 0 aromatic carbocycles. The molecule has 0 amide bonds. The predicted molar refractivity (Wildman–Crippen MR) is 113 cm³/mol. The first-order chi connectivity index (χ1) is 14.2. The maximum absolute atomic E-state index is 7.49. The smallest absolute Gasteiger partial charge is 0.155 e. The van der Waals surface area contributed by atoms with Gasteiger partial charge in [0.25, 0.3) is 0 Å². The number of nitrogens with zero attached hydrogens (tertiary/aromatic N) is 5. The number of pyridine rings is 3. The van der Waals surface area contributed by atoms with Gasteiger partial charge in [-0.25, -0.2) is 4.98 Å². The van der Waals surface area contributed by atoms with E-state index in [1.165, 1.54) is 11.8 Å². The highest BCUT2D eigenvalue weighted by atomic mass is 15.1. The minimum atomic E-state index is 0.767. The van der Waals surface area contributed by atoms with Gasteiger partial charge in [-0.3, -0.25) is 20.2 Å². The average molecular weight is 385 g/mol. The van der Waals surface area contributed by atoms with E-state index in [0.29, 0.717) is 0 Å². The summed E-state index contributed by atoms with van der Waals surface area (Å²) in [7, 11) is 0. The fourth-order valence-electron chi connectivity index (χ4n) is 2.96. The molecule has 0 aliphatic rings. The van der Waals surface area contributed by atoms with Crippen molar-refractivity contribution in [2.24, 2.45) is 0 Å². The molecule has 5 aromatic heterocycles. The molecule has 4 N–H and O–H groups in total. The molecule has 0 aliphatic carbocycles. The zero-order valence-electron chi connectivity index (χ0n) is 15.9. The Hall–Kier alpha value is -4.14. The summed E-state index contributed by atoms with van der Waals surface area (Å²) in [5.74, 6) is 0. The molecule has 0 radical (unpaired) electrons. The first kappa shape index (κ1) is 18.2. The van der Waals surface area contributed by atoms with Crippen LogP contribution in [-0.4, -0.2) is 41.6 Å². The van der Waals surface area contributed by atoms with E-state index in [2.05, 4.69) is 40.7 Å². The van der Waals surface area contributed by atoms with E-state index in [1.54, 1.807) is 37.2 Å². The van der Waals surface area contributed by atoms with Gasteiger partial charge in [-0.15, -0.1) is 0 Å². The van der Waals surface area contributed by atoms with E-state index in [4.69, 9.17) is 5.41 Å². The zero-order chi connectivity index (χ0) is 20.2. The fraction of sp³-hybridized carbons (Fsp3) is 0.100. The largest absolute Gasteiger partial charge is 0.353 e. The molecule has 0 fully saturated rings. The summed E-state index contributed by atoms with van der Waals surface area (Å²) in [5, 5.41) is 26.4. The minimum Gasteiger partial charge on any atom is -0.353 e. The molecule has 0 saturated carbocycles. The Labute approximate surface area is 166 Å². The lowest BCUT2D eigenvalue weighted by Crippen LogP contribution is -1.99. The quantitative estimate of drug-likeness (QED) is 0.350. The number of aryl methyl sites for hydroxylation is 2. The molecule has 0 saturated heterocycles. The number of rotatable bonds is 3. The molecule has 9 heteroatoms. The first-order valence-corrected chi connectivity index (χ1v) is 8.92. The SMILES string of the molecule is Cc1ccnc2[nH]ncc12.Cc1nccc(Nc2cncc3[nH]ncc23)c1C=N. The van der Waals surface area contributed by atoms with Crippen LogP contribution in [-0.2, 0) is 0 Å². The van der Waals surface area contributed by atoms with Gasteiger partial charge >= 0.3 is 0 Å². The van der Waals surface area contributed by atoms with Crippen molar-refractivity contribution < 1.29 is 0 Å². The lowest BCUT2D eigenvalue weighted by atomic mass is 10.1. The third-order valence-electron chi connectivity index (χ3n) is 4.54. The van der Waals surface area contributed by atoms with Crippen LogP contribution in [0.1, 0.15) is 16.8 Å². The third kappa shape index (κ3) is 3.65. The van der Waals surface area contributed by atoms with E-state index >= 15 is 0 Å². The van der Waals surface area contributed by atoms with E-state index in [1.807, 2.05) is 26.0 Å². The molecule has 0 spiro atoms. The molecule has 144 valence electrons. The van der Waals surface area contributed by atoms with Crippen molar-refractivity contribution in [2.75, 3.05) is 5.32 Å². The minimum absolute atomic E-state index is 0.767. The van der Waals surface area contributed by atoms with Crippen LogP contribution >= 0.6 is 0 Å². The Morgan fingerprint density at radius 3 is 2.52 bits per heavy atom. The van der Waals surface area contributed by atoms with Crippen molar-refractivity contribution in [1.82, 2.24) is 35.3 Å². The average Bonchev–Trinajstić information content (AvgIpc) is 3.39. The molecule has 0 unspecified atom stereocenters. The van der Waals surface area contributed by atoms with Gasteiger partial charge in [-0.1, -0.05) is 0 Å². The molecule has 0 aliphatic heterocycles. The summed E-state index contributed by atoms with van der Waals surface area (Å²) in [6, 6.07) is 3.81. The Balaban J connectivity index is 0.000000171. The van der Waals surface area contributed by atoms with Crippen molar-refractivity contribution >= 4 is 39.5 Å². The Bertz CT molecular complexity index is 1290. The number of anilines is 2.